The average molecular weight is 323 g/mol. The largest absolute Gasteiger partial charge is 0.356 e. The van der Waals surface area contributed by atoms with Crippen molar-refractivity contribution in [1.29, 1.82) is 0 Å². The van der Waals surface area contributed by atoms with Crippen LogP contribution in [0.3, 0.4) is 0 Å². The van der Waals surface area contributed by atoms with Gasteiger partial charge in [-0.3, -0.25) is 4.79 Å². The van der Waals surface area contributed by atoms with E-state index in [2.05, 4.69) is 9.88 Å². The van der Waals surface area contributed by atoms with E-state index in [1.54, 1.807) is 30.3 Å². The lowest BCUT2D eigenvalue weighted by atomic mass is 10.1. The molecule has 7 heteroatoms. The molecule has 22 heavy (non-hydrogen) atoms. The maximum absolute atomic E-state index is 12.8. The first-order valence-electron chi connectivity index (χ1n) is 7.65. The summed E-state index contributed by atoms with van der Waals surface area (Å²) in [5, 5.41) is 0. The number of hydrogen-bond donors (Lipinski definition) is 0. The lowest BCUT2D eigenvalue weighted by Crippen LogP contribution is -2.38. The Balaban J connectivity index is 1.83. The maximum atomic E-state index is 12.8. The van der Waals surface area contributed by atoms with E-state index in [-0.39, 0.29) is 23.5 Å². The monoisotopic (exact) mass is 323 g/mol. The van der Waals surface area contributed by atoms with E-state index in [1.165, 1.54) is 0 Å². The number of pyridine rings is 1. The molecule has 0 N–H and O–H groups in total. The summed E-state index contributed by atoms with van der Waals surface area (Å²) in [6.45, 7) is 1.83. The van der Waals surface area contributed by atoms with Gasteiger partial charge in [-0.2, -0.15) is 0 Å². The number of carbonyl (C=O) groups is 1. The van der Waals surface area contributed by atoms with E-state index in [9.17, 15) is 13.2 Å². The third-order valence-corrected chi connectivity index (χ3v) is 6.25. The van der Waals surface area contributed by atoms with Crippen LogP contribution in [0, 0.1) is 0 Å². The maximum Gasteiger partial charge on any atom is 0.257 e. The fraction of sp³-hybridized carbons (Fsp3) is 0.600. The van der Waals surface area contributed by atoms with E-state index in [4.69, 9.17) is 0 Å². The van der Waals surface area contributed by atoms with Crippen molar-refractivity contribution < 1.29 is 13.2 Å². The van der Waals surface area contributed by atoms with Crippen LogP contribution in [0.15, 0.2) is 18.3 Å². The summed E-state index contributed by atoms with van der Waals surface area (Å²) in [5.74, 6) is 0.811. The van der Waals surface area contributed by atoms with Crippen molar-refractivity contribution in [2.45, 2.75) is 25.3 Å². The minimum absolute atomic E-state index is 0.0640. The van der Waals surface area contributed by atoms with Gasteiger partial charge in [-0.05, 0) is 31.4 Å². The van der Waals surface area contributed by atoms with Gasteiger partial charge in [0.15, 0.2) is 9.84 Å². The lowest BCUT2D eigenvalue weighted by Gasteiger charge is -2.26. The number of rotatable bonds is 3. The van der Waals surface area contributed by atoms with E-state index in [0.717, 1.165) is 31.7 Å². The van der Waals surface area contributed by atoms with Crippen LogP contribution in [0.4, 0.5) is 5.82 Å². The molecule has 0 radical (unpaired) electrons. The molecule has 0 bridgehead atoms. The van der Waals surface area contributed by atoms with Gasteiger partial charge in [0.2, 0.25) is 0 Å². The van der Waals surface area contributed by atoms with Crippen LogP contribution in [0.2, 0.25) is 0 Å². The summed E-state index contributed by atoms with van der Waals surface area (Å²) in [6, 6.07) is 3.30. The van der Waals surface area contributed by atoms with Crippen molar-refractivity contribution in [3.63, 3.8) is 0 Å². The van der Waals surface area contributed by atoms with Gasteiger partial charge in [-0.1, -0.05) is 0 Å². The van der Waals surface area contributed by atoms with E-state index in [1.807, 2.05) is 0 Å². The molecule has 6 nitrogen and oxygen atoms in total. The number of hydrogen-bond acceptors (Lipinski definition) is 5. The quantitative estimate of drug-likeness (QED) is 0.828. The highest BCUT2D eigenvalue weighted by Gasteiger charge is 2.34. The third kappa shape index (κ3) is 2.95. The smallest absolute Gasteiger partial charge is 0.257 e. The Hall–Kier alpha value is -1.63. The van der Waals surface area contributed by atoms with Gasteiger partial charge in [0.05, 0.1) is 17.1 Å². The Labute approximate surface area is 131 Å². The Kier molecular flexibility index (Phi) is 4.08. The molecule has 0 aromatic carbocycles. The number of nitrogens with zero attached hydrogens (tertiary/aromatic N) is 3. The molecule has 1 aromatic heterocycles. The van der Waals surface area contributed by atoms with Gasteiger partial charge in [0.25, 0.3) is 5.91 Å². The molecule has 0 saturated carbocycles. The number of amides is 1. The molecule has 3 rings (SSSR count). The van der Waals surface area contributed by atoms with Crippen LogP contribution < -0.4 is 4.90 Å². The molecule has 2 aliphatic rings. The summed E-state index contributed by atoms with van der Waals surface area (Å²) < 4.78 is 23.2. The fourth-order valence-electron chi connectivity index (χ4n) is 3.18. The Morgan fingerprint density at radius 2 is 2.09 bits per heavy atom. The highest BCUT2D eigenvalue weighted by molar-refractivity contribution is 7.91. The van der Waals surface area contributed by atoms with Crippen LogP contribution in [0.5, 0.6) is 0 Å². The molecule has 1 atom stereocenters. The summed E-state index contributed by atoms with van der Waals surface area (Å²) >= 11 is 0. The van der Waals surface area contributed by atoms with Crippen LogP contribution in [0.25, 0.3) is 0 Å². The zero-order valence-electron chi connectivity index (χ0n) is 12.7. The van der Waals surface area contributed by atoms with Gasteiger partial charge in [0.1, 0.15) is 5.82 Å². The highest BCUT2D eigenvalue weighted by Crippen LogP contribution is 2.25. The summed E-state index contributed by atoms with van der Waals surface area (Å²) in [5.41, 5.74) is 0.566. The standard InChI is InChI=1S/C15H21N3O3S/c1-17(12-6-10-22(20,21)11-12)15(19)13-5-4-7-16-14(13)18-8-2-3-9-18/h4-5,7,12H,2-3,6,8-11H2,1H3. The second kappa shape index (κ2) is 5.87. The molecule has 3 heterocycles. The molecule has 1 amide bonds. The molecule has 2 aliphatic heterocycles. The number of sulfone groups is 1. The predicted molar refractivity (Wildman–Crippen MR) is 84.8 cm³/mol. The van der Waals surface area contributed by atoms with Crippen molar-refractivity contribution in [1.82, 2.24) is 9.88 Å². The van der Waals surface area contributed by atoms with Crippen molar-refractivity contribution in [3.8, 4) is 0 Å². The molecule has 1 aromatic rings. The van der Waals surface area contributed by atoms with Crippen molar-refractivity contribution in [2.75, 3.05) is 36.5 Å². The first-order valence-corrected chi connectivity index (χ1v) is 9.47. The number of carbonyl (C=O) groups excluding carboxylic acids is 1. The lowest BCUT2D eigenvalue weighted by molar-refractivity contribution is 0.0748. The Morgan fingerprint density at radius 3 is 2.73 bits per heavy atom. The van der Waals surface area contributed by atoms with E-state index < -0.39 is 9.84 Å². The molecule has 120 valence electrons. The molecular weight excluding hydrogens is 302 g/mol. The molecule has 0 spiro atoms. The SMILES string of the molecule is CN(C(=O)c1cccnc1N1CCCC1)C1CCS(=O)(=O)C1. The minimum atomic E-state index is -3.00. The van der Waals surface area contributed by atoms with Gasteiger partial charge in [-0.25, -0.2) is 13.4 Å². The van der Waals surface area contributed by atoms with Gasteiger partial charge in [0, 0.05) is 32.4 Å². The van der Waals surface area contributed by atoms with Crippen LogP contribution in [0.1, 0.15) is 29.6 Å². The average Bonchev–Trinajstić information content (AvgIpc) is 3.15. The van der Waals surface area contributed by atoms with Crippen LogP contribution in [-0.4, -0.2) is 61.9 Å². The molecule has 0 aliphatic carbocycles. The molecule has 2 saturated heterocycles. The summed E-state index contributed by atoms with van der Waals surface area (Å²) in [6.07, 6.45) is 4.44. The normalized spacial score (nSPS) is 23.7. The van der Waals surface area contributed by atoms with Crippen molar-refractivity contribution >= 4 is 21.6 Å². The van der Waals surface area contributed by atoms with Crippen LogP contribution >= 0.6 is 0 Å². The number of aromatic nitrogens is 1. The minimum Gasteiger partial charge on any atom is -0.356 e. The van der Waals surface area contributed by atoms with Crippen molar-refractivity contribution in [2.24, 2.45) is 0 Å². The highest BCUT2D eigenvalue weighted by atomic mass is 32.2. The second-order valence-electron chi connectivity index (χ2n) is 6.04. The predicted octanol–water partition coefficient (Wildman–Crippen LogP) is 0.941. The molecular formula is C15H21N3O3S. The topological polar surface area (TPSA) is 70.6 Å². The van der Waals surface area contributed by atoms with Gasteiger partial charge >= 0.3 is 0 Å². The van der Waals surface area contributed by atoms with E-state index >= 15 is 0 Å². The third-order valence-electron chi connectivity index (χ3n) is 4.50. The van der Waals surface area contributed by atoms with Crippen LogP contribution in [-0.2, 0) is 9.84 Å². The summed E-state index contributed by atoms with van der Waals surface area (Å²) in [4.78, 5) is 20.9. The van der Waals surface area contributed by atoms with Crippen molar-refractivity contribution in [3.05, 3.63) is 23.9 Å². The van der Waals surface area contributed by atoms with Gasteiger partial charge in [-0.15, -0.1) is 0 Å². The second-order valence-corrected chi connectivity index (χ2v) is 8.27. The zero-order chi connectivity index (χ0) is 15.7. The Morgan fingerprint density at radius 1 is 1.36 bits per heavy atom. The van der Waals surface area contributed by atoms with Gasteiger partial charge < -0.3 is 9.80 Å². The van der Waals surface area contributed by atoms with E-state index in [0.29, 0.717) is 12.0 Å². The number of anilines is 1. The first kappa shape index (κ1) is 15.3. The molecule has 2 fully saturated rings. The first-order chi connectivity index (χ1) is 10.5. The summed E-state index contributed by atoms with van der Waals surface area (Å²) in [7, 11) is -1.31. The Bertz CT molecular complexity index is 668. The fourth-order valence-corrected chi connectivity index (χ4v) is 4.96. The zero-order valence-corrected chi connectivity index (χ0v) is 13.6. The molecule has 1 unspecified atom stereocenters.